The molecular formula is C25H16Cl3IN2O4S. The fourth-order valence-electron chi connectivity index (χ4n) is 3.13. The average molecular weight is 674 g/mol. The molecule has 0 atom stereocenters. The van der Waals surface area contributed by atoms with Crippen molar-refractivity contribution in [3.8, 4) is 11.5 Å². The van der Waals surface area contributed by atoms with Crippen molar-refractivity contribution in [2.75, 3.05) is 7.11 Å². The minimum absolute atomic E-state index is 0.202. The maximum absolute atomic E-state index is 12.5. The van der Waals surface area contributed by atoms with Crippen molar-refractivity contribution < 1.29 is 19.1 Å². The second-order valence-electron chi connectivity index (χ2n) is 7.35. The van der Waals surface area contributed by atoms with Crippen LogP contribution in [0.2, 0.25) is 15.1 Å². The van der Waals surface area contributed by atoms with E-state index in [1.807, 2.05) is 6.07 Å². The summed E-state index contributed by atoms with van der Waals surface area (Å²) in [6.07, 6.45) is 1.69. The minimum Gasteiger partial charge on any atom is -0.493 e. The van der Waals surface area contributed by atoms with E-state index in [4.69, 9.17) is 44.3 Å². The van der Waals surface area contributed by atoms with E-state index in [1.165, 1.54) is 7.11 Å². The molecule has 36 heavy (non-hydrogen) atoms. The molecule has 6 nitrogen and oxygen atoms in total. The van der Waals surface area contributed by atoms with Crippen LogP contribution in [-0.4, -0.2) is 24.1 Å². The summed E-state index contributed by atoms with van der Waals surface area (Å²) in [7, 11) is 1.54. The standard InChI is InChI=1S/C25H16Cl3IN2O4S/c1-34-20-9-13(8-19(29)22(20)35-12-15-4-7-17(27)11-18(15)28)10-21-24(33)31-25(36-21)30-23(32)14-2-5-16(26)6-3-14/h2-11H,12H2,1H3,(H,30,31,32,33)/b21-10-. The topological polar surface area (TPSA) is 77.0 Å². The van der Waals surface area contributed by atoms with Crippen LogP contribution in [0.25, 0.3) is 6.08 Å². The van der Waals surface area contributed by atoms with Crippen LogP contribution in [0.1, 0.15) is 21.5 Å². The summed E-state index contributed by atoms with van der Waals surface area (Å²) in [5, 5.41) is 4.39. The molecule has 0 spiro atoms. The lowest BCUT2D eigenvalue weighted by Gasteiger charge is -2.14. The third kappa shape index (κ3) is 6.54. The zero-order valence-electron chi connectivity index (χ0n) is 18.5. The highest BCUT2D eigenvalue weighted by atomic mass is 127. The lowest BCUT2D eigenvalue weighted by molar-refractivity contribution is -0.115. The van der Waals surface area contributed by atoms with Gasteiger partial charge in [0.25, 0.3) is 11.8 Å². The first-order chi connectivity index (χ1) is 17.2. The first-order valence-corrected chi connectivity index (χ1v) is 13.3. The second-order valence-corrected chi connectivity index (χ2v) is 10.8. The number of nitrogens with zero attached hydrogens (tertiary/aromatic N) is 1. The second kappa shape index (κ2) is 11.9. The summed E-state index contributed by atoms with van der Waals surface area (Å²) >= 11 is 21.3. The Hall–Kier alpha value is -2.24. The number of thioether (sulfide) groups is 1. The number of benzene rings is 3. The van der Waals surface area contributed by atoms with E-state index in [9.17, 15) is 9.59 Å². The highest BCUT2D eigenvalue weighted by Gasteiger charge is 2.25. The minimum atomic E-state index is -0.478. The van der Waals surface area contributed by atoms with Crippen LogP contribution in [0.4, 0.5) is 0 Å². The Bertz CT molecular complexity index is 1410. The molecule has 0 unspecified atom stereocenters. The van der Waals surface area contributed by atoms with Crippen molar-refractivity contribution in [2.24, 2.45) is 4.99 Å². The van der Waals surface area contributed by atoms with E-state index < -0.39 is 5.91 Å². The van der Waals surface area contributed by atoms with Gasteiger partial charge in [0.2, 0.25) is 0 Å². The number of hydrogen-bond acceptors (Lipinski definition) is 5. The maximum Gasteiger partial charge on any atom is 0.279 e. The van der Waals surface area contributed by atoms with Crippen LogP contribution in [0, 0.1) is 3.57 Å². The predicted molar refractivity (Wildman–Crippen MR) is 153 cm³/mol. The lowest BCUT2D eigenvalue weighted by atomic mass is 10.2. The summed E-state index contributed by atoms with van der Waals surface area (Å²) in [6, 6.07) is 15.2. The van der Waals surface area contributed by atoms with E-state index in [2.05, 4.69) is 32.9 Å². The molecule has 11 heteroatoms. The number of ether oxygens (including phenoxy) is 2. The Morgan fingerprint density at radius 3 is 2.50 bits per heavy atom. The van der Waals surface area contributed by atoms with E-state index in [0.29, 0.717) is 37.0 Å². The van der Waals surface area contributed by atoms with Crippen molar-refractivity contribution in [1.82, 2.24) is 5.32 Å². The summed E-state index contributed by atoms with van der Waals surface area (Å²) in [5.74, 6) is 0.211. The van der Waals surface area contributed by atoms with Gasteiger partial charge in [-0.05, 0) is 94.5 Å². The van der Waals surface area contributed by atoms with Crippen LogP contribution in [0.15, 0.2) is 64.5 Å². The maximum atomic E-state index is 12.5. The first-order valence-electron chi connectivity index (χ1n) is 10.3. The molecule has 0 aromatic heterocycles. The zero-order chi connectivity index (χ0) is 25.8. The zero-order valence-corrected chi connectivity index (χ0v) is 23.7. The van der Waals surface area contributed by atoms with E-state index in [1.54, 1.807) is 54.6 Å². The van der Waals surface area contributed by atoms with E-state index >= 15 is 0 Å². The normalized spacial score (nSPS) is 15.3. The molecule has 3 aromatic carbocycles. The molecule has 3 aromatic rings. The number of nitrogens with one attached hydrogen (secondary N) is 1. The van der Waals surface area contributed by atoms with Gasteiger partial charge in [-0.25, -0.2) is 0 Å². The fraction of sp³-hybridized carbons (Fsp3) is 0.0800. The van der Waals surface area contributed by atoms with Gasteiger partial charge in [0.15, 0.2) is 16.7 Å². The molecule has 0 bridgehead atoms. The van der Waals surface area contributed by atoms with Crippen LogP contribution < -0.4 is 14.8 Å². The quantitative estimate of drug-likeness (QED) is 0.221. The molecule has 1 fully saturated rings. The van der Waals surface area contributed by atoms with Gasteiger partial charge in [-0.15, -0.1) is 0 Å². The van der Waals surface area contributed by atoms with Crippen molar-refractivity contribution >= 4 is 92.2 Å². The van der Waals surface area contributed by atoms with Gasteiger partial charge in [-0.2, -0.15) is 4.99 Å². The largest absolute Gasteiger partial charge is 0.493 e. The molecule has 2 amide bonds. The van der Waals surface area contributed by atoms with Gasteiger partial charge in [-0.1, -0.05) is 40.9 Å². The van der Waals surface area contributed by atoms with Gasteiger partial charge in [-0.3, -0.25) is 9.59 Å². The highest BCUT2D eigenvalue weighted by Crippen LogP contribution is 2.37. The van der Waals surface area contributed by atoms with Gasteiger partial charge < -0.3 is 14.8 Å². The fourth-order valence-corrected chi connectivity index (χ4v) is 5.32. The average Bonchev–Trinajstić information content (AvgIpc) is 3.17. The number of amidine groups is 1. The number of rotatable bonds is 6. The molecule has 4 rings (SSSR count). The smallest absolute Gasteiger partial charge is 0.279 e. The van der Waals surface area contributed by atoms with Gasteiger partial charge in [0.1, 0.15) is 6.61 Å². The van der Waals surface area contributed by atoms with Crippen molar-refractivity contribution in [3.63, 3.8) is 0 Å². The third-order valence-electron chi connectivity index (χ3n) is 4.88. The predicted octanol–water partition coefficient (Wildman–Crippen LogP) is 7.24. The number of hydrogen-bond donors (Lipinski definition) is 1. The van der Waals surface area contributed by atoms with Gasteiger partial charge in [0.05, 0.1) is 15.6 Å². The Kier molecular flexibility index (Phi) is 8.84. The number of carbonyl (C=O) groups is 2. The third-order valence-corrected chi connectivity index (χ3v) is 7.43. The Morgan fingerprint density at radius 2 is 1.81 bits per heavy atom. The molecule has 1 saturated heterocycles. The molecule has 0 aliphatic carbocycles. The number of amides is 2. The monoisotopic (exact) mass is 672 g/mol. The van der Waals surface area contributed by atoms with E-state index in [0.717, 1.165) is 26.5 Å². The number of aliphatic imine (C=N–C) groups is 1. The molecule has 1 aliphatic heterocycles. The highest BCUT2D eigenvalue weighted by molar-refractivity contribution is 14.1. The Morgan fingerprint density at radius 1 is 1.08 bits per heavy atom. The molecule has 184 valence electrons. The molecule has 1 heterocycles. The van der Waals surface area contributed by atoms with Crippen LogP contribution >= 0.6 is 69.2 Å². The van der Waals surface area contributed by atoms with Crippen molar-refractivity contribution in [1.29, 1.82) is 0 Å². The first kappa shape index (κ1) is 26.8. The Labute approximate surface area is 240 Å². The summed E-state index contributed by atoms with van der Waals surface area (Å²) in [5.41, 5.74) is 1.87. The van der Waals surface area contributed by atoms with Gasteiger partial charge in [0, 0.05) is 26.2 Å². The molecule has 1 aliphatic rings. The van der Waals surface area contributed by atoms with Crippen LogP contribution in [0.3, 0.4) is 0 Å². The summed E-state index contributed by atoms with van der Waals surface area (Å²) < 4.78 is 12.3. The number of halogens is 4. The summed E-state index contributed by atoms with van der Waals surface area (Å²) in [4.78, 5) is 29.3. The van der Waals surface area contributed by atoms with Crippen molar-refractivity contribution in [2.45, 2.75) is 6.61 Å². The van der Waals surface area contributed by atoms with Crippen molar-refractivity contribution in [3.05, 3.63) is 94.8 Å². The number of carbonyl (C=O) groups excluding carboxylic acids is 2. The van der Waals surface area contributed by atoms with E-state index in [-0.39, 0.29) is 17.7 Å². The lowest BCUT2D eigenvalue weighted by Crippen LogP contribution is -2.20. The van der Waals surface area contributed by atoms with Gasteiger partial charge >= 0.3 is 0 Å². The Balaban J connectivity index is 1.52. The molecule has 1 N–H and O–H groups in total. The SMILES string of the molecule is COc1cc(/C=C2\SC(=NC(=O)c3ccc(Cl)cc3)NC2=O)cc(I)c1OCc1ccc(Cl)cc1Cl. The number of methoxy groups -OCH3 is 1. The summed E-state index contributed by atoms with van der Waals surface area (Å²) in [6.45, 7) is 0.225. The molecule has 0 saturated carbocycles. The van der Waals surface area contributed by atoms with Crippen LogP contribution in [0.5, 0.6) is 11.5 Å². The molecular weight excluding hydrogens is 658 g/mol. The van der Waals surface area contributed by atoms with Crippen LogP contribution in [-0.2, 0) is 11.4 Å². The molecule has 0 radical (unpaired) electrons.